The first kappa shape index (κ1) is 12.2. The molecule has 0 unspecified atom stereocenters. The van der Waals surface area contributed by atoms with Crippen molar-refractivity contribution in [3.8, 4) is 11.5 Å². The van der Waals surface area contributed by atoms with Crippen molar-refractivity contribution < 1.29 is 18.3 Å². The maximum atomic E-state index is 12.8. The van der Waals surface area contributed by atoms with Gasteiger partial charge in [0.2, 0.25) is 0 Å². The minimum Gasteiger partial charge on any atom is -0.395 e. The number of hydrogen-bond acceptors (Lipinski definition) is 4. The van der Waals surface area contributed by atoms with E-state index in [1.165, 1.54) is 17.7 Å². The summed E-state index contributed by atoms with van der Waals surface area (Å²) >= 11 is 1.65. The Labute approximate surface area is 112 Å². The first-order chi connectivity index (χ1) is 9.12. The fourth-order valence-electron chi connectivity index (χ4n) is 1.85. The van der Waals surface area contributed by atoms with E-state index in [9.17, 15) is 8.78 Å². The standard InChI is InChI=1S/C13H11F2NO2S/c14-13(15)17-11-2-1-10(7-12(11)18-13)16-5-3-9-4-6-19-8-9/h1-2,4,6-8,16H,3,5H2. The van der Waals surface area contributed by atoms with Gasteiger partial charge in [0.15, 0.2) is 11.5 Å². The monoisotopic (exact) mass is 283 g/mol. The minimum atomic E-state index is -3.56. The van der Waals surface area contributed by atoms with Crippen LogP contribution in [0.1, 0.15) is 5.56 Å². The number of rotatable bonds is 4. The van der Waals surface area contributed by atoms with Crippen LogP contribution in [-0.2, 0) is 6.42 Å². The molecule has 0 spiro atoms. The van der Waals surface area contributed by atoms with E-state index in [2.05, 4.69) is 26.2 Å². The Hall–Kier alpha value is -1.82. The molecule has 19 heavy (non-hydrogen) atoms. The van der Waals surface area contributed by atoms with Gasteiger partial charge in [-0.15, -0.1) is 8.78 Å². The van der Waals surface area contributed by atoms with Gasteiger partial charge in [-0.2, -0.15) is 11.3 Å². The van der Waals surface area contributed by atoms with Crippen LogP contribution in [0, 0.1) is 0 Å². The van der Waals surface area contributed by atoms with Crippen molar-refractivity contribution >= 4 is 17.0 Å². The fraction of sp³-hybridized carbons (Fsp3) is 0.231. The highest BCUT2D eigenvalue weighted by Crippen LogP contribution is 2.42. The van der Waals surface area contributed by atoms with Crippen LogP contribution in [0.2, 0.25) is 0 Å². The third kappa shape index (κ3) is 2.78. The molecule has 100 valence electrons. The van der Waals surface area contributed by atoms with Crippen molar-refractivity contribution in [2.45, 2.75) is 12.7 Å². The molecule has 1 N–H and O–H groups in total. The van der Waals surface area contributed by atoms with Crippen molar-refractivity contribution in [2.24, 2.45) is 0 Å². The second-order valence-corrected chi connectivity index (χ2v) is 4.92. The number of hydrogen-bond donors (Lipinski definition) is 1. The Morgan fingerprint density at radius 3 is 2.79 bits per heavy atom. The molecule has 1 aliphatic heterocycles. The summed E-state index contributed by atoms with van der Waals surface area (Å²) in [7, 11) is 0. The largest absolute Gasteiger partial charge is 0.586 e. The number of anilines is 1. The lowest BCUT2D eigenvalue weighted by atomic mass is 10.2. The van der Waals surface area contributed by atoms with Crippen LogP contribution in [0.3, 0.4) is 0 Å². The predicted octanol–water partition coefficient (Wildman–Crippen LogP) is 3.72. The predicted molar refractivity (Wildman–Crippen MR) is 69.2 cm³/mol. The average Bonchev–Trinajstić information content (AvgIpc) is 2.94. The molecule has 0 atom stereocenters. The quantitative estimate of drug-likeness (QED) is 0.927. The zero-order valence-electron chi connectivity index (χ0n) is 9.86. The summed E-state index contributed by atoms with van der Waals surface area (Å²) in [4.78, 5) is 0. The molecule has 0 radical (unpaired) electrons. The normalized spacial score (nSPS) is 15.5. The topological polar surface area (TPSA) is 30.5 Å². The maximum Gasteiger partial charge on any atom is 0.586 e. The molecule has 1 aliphatic rings. The highest BCUT2D eigenvalue weighted by atomic mass is 32.1. The van der Waals surface area contributed by atoms with Crippen LogP contribution in [0.25, 0.3) is 0 Å². The molecule has 0 bridgehead atoms. The SMILES string of the molecule is FC1(F)Oc2ccc(NCCc3ccsc3)cc2O1. The second-order valence-electron chi connectivity index (χ2n) is 4.14. The molecular formula is C13H11F2NO2S. The number of nitrogens with one attached hydrogen (secondary N) is 1. The van der Waals surface area contributed by atoms with Crippen LogP contribution in [-0.4, -0.2) is 12.8 Å². The van der Waals surface area contributed by atoms with E-state index in [1.54, 1.807) is 17.4 Å². The highest BCUT2D eigenvalue weighted by molar-refractivity contribution is 7.07. The molecule has 0 amide bonds. The minimum absolute atomic E-state index is 0.0607. The van der Waals surface area contributed by atoms with Gasteiger partial charge in [-0.05, 0) is 40.9 Å². The van der Waals surface area contributed by atoms with Gasteiger partial charge in [-0.1, -0.05) is 0 Å². The number of benzene rings is 1. The smallest absolute Gasteiger partial charge is 0.395 e. The summed E-state index contributed by atoms with van der Waals surface area (Å²) in [6, 6.07) is 6.75. The van der Waals surface area contributed by atoms with Gasteiger partial charge in [-0.25, -0.2) is 0 Å². The van der Waals surface area contributed by atoms with Crippen molar-refractivity contribution in [1.29, 1.82) is 0 Å². The van der Waals surface area contributed by atoms with Gasteiger partial charge in [-0.3, -0.25) is 0 Å². The molecule has 2 heterocycles. The van der Waals surface area contributed by atoms with Gasteiger partial charge in [0, 0.05) is 18.3 Å². The van der Waals surface area contributed by atoms with Gasteiger partial charge in [0.1, 0.15) is 0 Å². The van der Waals surface area contributed by atoms with Crippen molar-refractivity contribution in [3.63, 3.8) is 0 Å². The Morgan fingerprint density at radius 2 is 2.00 bits per heavy atom. The van der Waals surface area contributed by atoms with Crippen LogP contribution in [0.5, 0.6) is 11.5 Å². The third-order valence-corrected chi connectivity index (χ3v) is 3.46. The van der Waals surface area contributed by atoms with Crippen molar-refractivity contribution in [1.82, 2.24) is 0 Å². The first-order valence-corrected chi connectivity index (χ1v) is 6.71. The summed E-state index contributed by atoms with van der Waals surface area (Å²) in [6.45, 7) is 0.729. The second kappa shape index (κ2) is 4.70. The van der Waals surface area contributed by atoms with Crippen LogP contribution >= 0.6 is 11.3 Å². The Kier molecular flexibility index (Phi) is 3.02. The van der Waals surface area contributed by atoms with Gasteiger partial charge in [0.25, 0.3) is 0 Å². The molecule has 0 fully saturated rings. The number of ether oxygens (including phenoxy) is 2. The lowest BCUT2D eigenvalue weighted by Crippen LogP contribution is -2.25. The molecule has 1 aromatic carbocycles. The third-order valence-electron chi connectivity index (χ3n) is 2.72. The number of thiophene rings is 1. The molecule has 0 aliphatic carbocycles. The van der Waals surface area contributed by atoms with E-state index < -0.39 is 6.29 Å². The van der Waals surface area contributed by atoms with Crippen LogP contribution < -0.4 is 14.8 Å². The van der Waals surface area contributed by atoms with E-state index in [4.69, 9.17) is 0 Å². The molecule has 0 saturated heterocycles. The van der Waals surface area contributed by atoms with Crippen molar-refractivity contribution in [3.05, 3.63) is 40.6 Å². The summed E-state index contributed by atoms with van der Waals surface area (Å²) < 4.78 is 34.4. The summed E-state index contributed by atoms with van der Waals surface area (Å²) in [5, 5.41) is 7.28. The van der Waals surface area contributed by atoms with E-state index >= 15 is 0 Å². The molecule has 6 heteroatoms. The summed E-state index contributed by atoms with van der Waals surface area (Å²) in [5.74, 6) is 0.124. The van der Waals surface area contributed by atoms with E-state index in [1.807, 2.05) is 5.38 Å². The number of alkyl halides is 2. The zero-order chi connectivity index (χ0) is 13.3. The summed E-state index contributed by atoms with van der Waals surface area (Å²) in [5.41, 5.74) is 1.99. The summed E-state index contributed by atoms with van der Waals surface area (Å²) in [6.07, 6.45) is -2.67. The van der Waals surface area contributed by atoms with Gasteiger partial charge in [0.05, 0.1) is 0 Å². The number of fused-ring (bicyclic) bond motifs is 1. The molecule has 2 aromatic rings. The lowest BCUT2D eigenvalue weighted by molar-refractivity contribution is -0.286. The molecule has 0 saturated carbocycles. The zero-order valence-corrected chi connectivity index (χ0v) is 10.7. The Balaban J connectivity index is 1.61. The number of halogens is 2. The molecule has 3 nitrogen and oxygen atoms in total. The Bertz CT molecular complexity index is 572. The molecule has 3 rings (SSSR count). The van der Waals surface area contributed by atoms with E-state index in [0.29, 0.717) is 0 Å². The Morgan fingerprint density at radius 1 is 1.16 bits per heavy atom. The van der Waals surface area contributed by atoms with E-state index in [-0.39, 0.29) is 11.5 Å². The highest BCUT2D eigenvalue weighted by Gasteiger charge is 2.43. The van der Waals surface area contributed by atoms with Gasteiger partial charge >= 0.3 is 6.29 Å². The van der Waals surface area contributed by atoms with Gasteiger partial charge < -0.3 is 14.8 Å². The van der Waals surface area contributed by atoms with Crippen LogP contribution in [0.15, 0.2) is 35.0 Å². The molecular weight excluding hydrogens is 272 g/mol. The van der Waals surface area contributed by atoms with Crippen LogP contribution in [0.4, 0.5) is 14.5 Å². The van der Waals surface area contributed by atoms with Crippen molar-refractivity contribution in [2.75, 3.05) is 11.9 Å². The first-order valence-electron chi connectivity index (χ1n) is 5.77. The fourth-order valence-corrected chi connectivity index (χ4v) is 2.55. The van der Waals surface area contributed by atoms with E-state index in [0.717, 1.165) is 18.7 Å². The lowest BCUT2D eigenvalue weighted by Gasteiger charge is -2.06. The maximum absolute atomic E-state index is 12.8. The molecule has 1 aromatic heterocycles. The average molecular weight is 283 g/mol.